The zero-order valence-electron chi connectivity index (χ0n) is 9.15. The summed E-state index contributed by atoms with van der Waals surface area (Å²) >= 11 is 0. The van der Waals surface area contributed by atoms with Crippen LogP contribution in [0.25, 0.3) is 11.0 Å². The predicted octanol–water partition coefficient (Wildman–Crippen LogP) is -1.98. The van der Waals surface area contributed by atoms with Crippen molar-refractivity contribution in [2.45, 2.75) is 6.18 Å². The molecule has 0 bridgehead atoms. The first-order chi connectivity index (χ1) is 7.88. The van der Waals surface area contributed by atoms with E-state index in [4.69, 9.17) is 0 Å². The first-order valence-corrected chi connectivity index (χ1v) is 4.43. The van der Waals surface area contributed by atoms with Crippen LogP contribution in [0.4, 0.5) is 13.2 Å². The molecule has 0 amide bonds. The van der Waals surface area contributed by atoms with Crippen LogP contribution in [-0.2, 0) is 6.18 Å². The fourth-order valence-corrected chi connectivity index (χ4v) is 1.28. The number of aromatic carboxylic acids is 1. The van der Waals surface area contributed by atoms with Crippen molar-refractivity contribution in [3.63, 3.8) is 0 Å². The molecule has 0 unspecified atom stereocenters. The fourth-order valence-electron chi connectivity index (χ4n) is 1.28. The standard InChI is InChI=1S/C10H5F3N2O2.Li/c11-10(12,13)6-3-5-1-2-7(9(16)17)15-8(5)14-4-6;/h1-4H,(H,16,17);/q;+1/p-1. The molecule has 0 aliphatic rings. The van der Waals surface area contributed by atoms with Crippen LogP contribution in [0.2, 0.25) is 0 Å². The molecule has 0 saturated heterocycles. The average molecular weight is 248 g/mol. The van der Waals surface area contributed by atoms with Gasteiger partial charge in [-0.3, -0.25) is 0 Å². The molecule has 0 atom stereocenters. The Morgan fingerprint density at radius 1 is 1.28 bits per heavy atom. The molecule has 8 heteroatoms. The monoisotopic (exact) mass is 248 g/mol. The molecule has 4 nitrogen and oxygen atoms in total. The number of nitrogens with zero attached hydrogens (tertiary/aromatic N) is 2. The molecule has 0 aliphatic carbocycles. The number of carbonyl (C=O) groups is 1. The maximum Gasteiger partial charge on any atom is 1.00 e. The van der Waals surface area contributed by atoms with Crippen molar-refractivity contribution in [3.05, 3.63) is 35.7 Å². The van der Waals surface area contributed by atoms with E-state index in [1.807, 2.05) is 0 Å². The Kier molecular flexibility index (Phi) is 3.99. The Hall–Kier alpha value is -1.58. The second-order valence-corrected chi connectivity index (χ2v) is 3.25. The van der Waals surface area contributed by atoms with E-state index in [1.165, 1.54) is 6.07 Å². The number of aromatic nitrogens is 2. The maximum absolute atomic E-state index is 12.4. The Balaban J connectivity index is 0.00000162. The molecule has 18 heavy (non-hydrogen) atoms. The van der Waals surface area contributed by atoms with E-state index >= 15 is 0 Å². The van der Waals surface area contributed by atoms with Crippen LogP contribution in [0.5, 0.6) is 0 Å². The molecule has 0 radical (unpaired) electrons. The van der Waals surface area contributed by atoms with Gasteiger partial charge in [0.05, 0.1) is 17.2 Å². The third kappa shape index (κ3) is 2.81. The number of carboxylic acid groups (broad SMARTS) is 1. The van der Waals surface area contributed by atoms with Crippen molar-refractivity contribution >= 4 is 17.0 Å². The quantitative estimate of drug-likeness (QED) is 0.548. The van der Waals surface area contributed by atoms with Gasteiger partial charge in [-0.15, -0.1) is 0 Å². The minimum atomic E-state index is -4.49. The summed E-state index contributed by atoms with van der Waals surface area (Å²) in [6.45, 7) is 0. The number of fused-ring (bicyclic) bond motifs is 1. The van der Waals surface area contributed by atoms with Gasteiger partial charge in [-0.1, -0.05) is 0 Å². The summed E-state index contributed by atoms with van der Waals surface area (Å²) in [7, 11) is 0. The van der Waals surface area contributed by atoms with Gasteiger partial charge < -0.3 is 9.90 Å². The predicted molar refractivity (Wildman–Crippen MR) is 48.9 cm³/mol. The van der Waals surface area contributed by atoms with Gasteiger partial charge in [0.2, 0.25) is 0 Å². The number of pyridine rings is 2. The molecule has 88 valence electrons. The summed E-state index contributed by atoms with van der Waals surface area (Å²) in [5.74, 6) is -1.51. The summed E-state index contributed by atoms with van der Waals surface area (Å²) < 4.78 is 37.1. The molecule has 0 spiro atoms. The summed E-state index contributed by atoms with van der Waals surface area (Å²) in [6, 6.07) is 3.13. The van der Waals surface area contributed by atoms with Crippen molar-refractivity contribution in [1.29, 1.82) is 0 Å². The van der Waals surface area contributed by atoms with Crippen LogP contribution < -0.4 is 24.0 Å². The molecule has 2 aromatic rings. The third-order valence-corrected chi connectivity index (χ3v) is 2.08. The number of carbonyl (C=O) groups excluding carboxylic acids is 1. The zero-order chi connectivity index (χ0) is 12.6. The van der Waals surface area contributed by atoms with Crippen LogP contribution in [0.1, 0.15) is 16.1 Å². The van der Waals surface area contributed by atoms with E-state index < -0.39 is 17.7 Å². The average Bonchev–Trinajstić information content (AvgIpc) is 2.26. The van der Waals surface area contributed by atoms with Crippen molar-refractivity contribution in [1.82, 2.24) is 9.97 Å². The summed E-state index contributed by atoms with van der Waals surface area (Å²) in [5.41, 5.74) is -1.35. The largest absolute Gasteiger partial charge is 1.00 e. The Morgan fingerprint density at radius 3 is 2.50 bits per heavy atom. The number of halogens is 3. The molecule has 2 heterocycles. The van der Waals surface area contributed by atoms with Gasteiger partial charge in [-0.2, -0.15) is 13.2 Å². The van der Waals surface area contributed by atoms with Crippen molar-refractivity contribution in [3.8, 4) is 0 Å². The number of carboxylic acids is 1. The van der Waals surface area contributed by atoms with E-state index in [9.17, 15) is 23.1 Å². The first kappa shape index (κ1) is 14.5. The topological polar surface area (TPSA) is 65.9 Å². The van der Waals surface area contributed by atoms with E-state index in [0.717, 1.165) is 12.1 Å². The van der Waals surface area contributed by atoms with Crippen molar-refractivity contribution in [2.24, 2.45) is 0 Å². The zero-order valence-corrected chi connectivity index (χ0v) is 9.15. The fraction of sp³-hybridized carbons (Fsp3) is 0.100. The van der Waals surface area contributed by atoms with Crippen LogP contribution in [-0.4, -0.2) is 15.9 Å². The maximum atomic E-state index is 12.4. The molecular formula is C10H4F3LiN2O2. The van der Waals surface area contributed by atoms with Crippen molar-refractivity contribution < 1.29 is 41.9 Å². The number of alkyl halides is 3. The van der Waals surface area contributed by atoms with Crippen LogP contribution >= 0.6 is 0 Å². The summed E-state index contributed by atoms with van der Waals surface area (Å²) in [6.07, 6.45) is -3.89. The molecule has 0 aliphatic heterocycles. The van der Waals surface area contributed by atoms with Crippen LogP contribution in [0, 0.1) is 0 Å². The molecule has 0 N–H and O–H groups in total. The normalized spacial score (nSPS) is 11.1. The van der Waals surface area contributed by atoms with Crippen LogP contribution in [0.15, 0.2) is 24.4 Å². The molecule has 0 aromatic carbocycles. The second kappa shape index (κ2) is 4.96. The van der Waals surface area contributed by atoms with Gasteiger partial charge in [-0.25, -0.2) is 9.97 Å². The van der Waals surface area contributed by atoms with E-state index in [1.54, 1.807) is 0 Å². The number of rotatable bonds is 1. The molecule has 2 rings (SSSR count). The minimum absolute atomic E-state index is 0. The minimum Gasteiger partial charge on any atom is -0.543 e. The number of hydrogen-bond acceptors (Lipinski definition) is 4. The third-order valence-electron chi connectivity index (χ3n) is 2.08. The smallest absolute Gasteiger partial charge is 0.543 e. The van der Waals surface area contributed by atoms with Crippen LogP contribution in [0.3, 0.4) is 0 Å². The molecule has 2 aromatic heterocycles. The van der Waals surface area contributed by atoms with E-state index in [2.05, 4.69) is 9.97 Å². The summed E-state index contributed by atoms with van der Waals surface area (Å²) in [5, 5.41) is 10.6. The molecular weight excluding hydrogens is 244 g/mol. The van der Waals surface area contributed by atoms with Gasteiger partial charge in [0.1, 0.15) is 0 Å². The van der Waals surface area contributed by atoms with Gasteiger partial charge >= 0.3 is 25.0 Å². The number of hydrogen-bond donors (Lipinski definition) is 0. The van der Waals surface area contributed by atoms with E-state index in [0.29, 0.717) is 6.20 Å². The first-order valence-electron chi connectivity index (χ1n) is 4.43. The summed E-state index contributed by atoms with van der Waals surface area (Å²) in [4.78, 5) is 17.5. The second-order valence-electron chi connectivity index (χ2n) is 3.25. The SMILES string of the molecule is O=C([O-])c1ccc2cc(C(F)(F)F)cnc2n1.[Li+]. The Labute approximate surface area is 111 Å². The van der Waals surface area contributed by atoms with Crippen molar-refractivity contribution in [2.75, 3.05) is 0 Å². The van der Waals surface area contributed by atoms with Gasteiger partial charge in [0.15, 0.2) is 5.65 Å². The molecule has 0 fully saturated rings. The van der Waals surface area contributed by atoms with Gasteiger partial charge in [-0.05, 0) is 18.2 Å². The van der Waals surface area contributed by atoms with E-state index in [-0.39, 0.29) is 35.6 Å². The molecule has 0 saturated carbocycles. The van der Waals surface area contributed by atoms with Gasteiger partial charge in [0, 0.05) is 11.6 Å². The van der Waals surface area contributed by atoms with Gasteiger partial charge in [0.25, 0.3) is 0 Å². The Bertz CT molecular complexity index is 601. The Morgan fingerprint density at radius 2 is 1.94 bits per heavy atom.